The van der Waals surface area contributed by atoms with Crippen molar-refractivity contribution in [3.8, 4) is 6.07 Å². The lowest BCUT2D eigenvalue weighted by atomic mass is 10.1. The van der Waals surface area contributed by atoms with Gasteiger partial charge in [-0.25, -0.2) is 4.39 Å². The van der Waals surface area contributed by atoms with Gasteiger partial charge in [0, 0.05) is 15.6 Å². The van der Waals surface area contributed by atoms with Crippen molar-refractivity contribution < 1.29 is 4.39 Å². The van der Waals surface area contributed by atoms with E-state index in [9.17, 15) is 4.39 Å². The van der Waals surface area contributed by atoms with E-state index in [1.54, 1.807) is 6.07 Å². The van der Waals surface area contributed by atoms with Crippen molar-refractivity contribution in [2.24, 2.45) is 0 Å². The van der Waals surface area contributed by atoms with Crippen LogP contribution in [0.15, 0.2) is 18.2 Å². The number of nitriles is 1. The van der Waals surface area contributed by atoms with Crippen LogP contribution in [0.1, 0.15) is 12.0 Å². The van der Waals surface area contributed by atoms with Gasteiger partial charge in [-0.05, 0) is 41.1 Å². The third kappa shape index (κ3) is 2.18. The summed E-state index contributed by atoms with van der Waals surface area (Å²) in [5.74, 6) is -0.211. The maximum Gasteiger partial charge on any atom is 0.127 e. The second kappa shape index (κ2) is 4.41. The Morgan fingerprint density at radius 1 is 1.50 bits per heavy atom. The van der Waals surface area contributed by atoms with Crippen molar-refractivity contribution in [1.29, 1.82) is 5.26 Å². The second-order valence-electron chi connectivity index (χ2n) is 2.36. The quantitative estimate of drug-likeness (QED) is 0.761. The van der Waals surface area contributed by atoms with Gasteiger partial charge < -0.3 is 0 Å². The Labute approximate surface area is 84.3 Å². The highest BCUT2D eigenvalue weighted by Crippen LogP contribution is 2.16. The molecule has 0 radical (unpaired) electrons. The van der Waals surface area contributed by atoms with Gasteiger partial charge in [-0.2, -0.15) is 5.26 Å². The molecule has 0 N–H and O–H groups in total. The molecule has 0 aliphatic heterocycles. The molecule has 1 aromatic carbocycles. The molecular formula is C9H7FIN. The lowest BCUT2D eigenvalue weighted by Crippen LogP contribution is -1.93. The Kier molecular flexibility index (Phi) is 3.48. The summed E-state index contributed by atoms with van der Waals surface area (Å²) >= 11 is 2.08. The van der Waals surface area contributed by atoms with Gasteiger partial charge in [0.25, 0.3) is 0 Å². The third-order valence-corrected chi connectivity index (χ3v) is 2.56. The molecule has 1 rings (SSSR count). The van der Waals surface area contributed by atoms with Crippen molar-refractivity contribution in [3.05, 3.63) is 33.1 Å². The van der Waals surface area contributed by atoms with E-state index in [2.05, 4.69) is 22.6 Å². The van der Waals surface area contributed by atoms with Crippen molar-refractivity contribution in [2.45, 2.75) is 12.8 Å². The maximum atomic E-state index is 13.1. The predicted octanol–water partition coefficient (Wildman–Crippen LogP) is 2.89. The van der Waals surface area contributed by atoms with Crippen molar-refractivity contribution in [3.63, 3.8) is 0 Å². The molecule has 3 heteroatoms. The van der Waals surface area contributed by atoms with Gasteiger partial charge in [-0.1, -0.05) is 6.07 Å². The first-order valence-corrected chi connectivity index (χ1v) is 4.63. The van der Waals surface area contributed by atoms with E-state index in [0.717, 1.165) is 3.57 Å². The van der Waals surface area contributed by atoms with Crippen LogP contribution < -0.4 is 0 Å². The summed E-state index contributed by atoms with van der Waals surface area (Å²) in [4.78, 5) is 0. The van der Waals surface area contributed by atoms with E-state index in [-0.39, 0.29) is 5.82 Å². The van der Waals surface area contributed by atoms with Crippen LogP contribution in [0.2, 0.25) is 0 Å². The minimum atomic E-state index is -0.211. The predicted molar refractivity (Wildman–Crippen MR) is 53.1 cm³/mol. The van der Waals surface area contributed by atoms with E-state index in [1.807, 2.05) is 12.1 Å². The lowest BCUT2D eigenvalue weighted by Gasteiger charge is -2.01. The Hall–Kier alpha value is -0.630. The Morgan fingerprint density at radius 3 is 2.83 bits per heavy atom. The molecule has 0 fully saturated rings. The van der Waals surface area contributed by atoms with Crippen LogP contribution in [0.5, 0.6) is 0 Å². The molecule has 0 aliphatic carbocycles. The molecule has 1 aromatic rings. The van der Waals surface area contributed by atoms with Crippen LogP contribution in [0.25, 0.3) is 0 Å². The van der Waals surface area contributed by atoms with Gasteiger partial charge in [-0.15, -0.1) is 0 Å². The molecule has 0 atom stereocenters. The van der Waals surface area contributed by atoms with Gasteiger partial charge in [0.05, 0.1) is 6.07 Å². The summed E-state index contributed by atoms with van der Waals surface area (Å²) in [6.07, 6.45) is 0.873. The van der Waals surface area contributed by atoms with Crippen LogP contribution in [-0.2, 0) is 6.42 Å². The second-order valence-corrected chi connectivity index (χ2v) is 3.52. The van der Waals surface area contributed by atoms with Crippen LogP contribution in [0.4, 0.5) is 4.39 Å². The number of benzene rings is 1. The molecule has 0 unspecified atom stereocenters. The third-order valence-electron chi connectivity index (χ3n) is 1.55. The summed E-state index contributed by atoms with van der Waals surface area (Å²) in [6.45, 7) is 0. The Balaban J connectivity index is 2.90. The standard InChI is InChI=1S/C9H7FIN/c10-8-4-1-5-9(11)7(8)3-2-6-12/h1,4-5H,2-3H2. The molecule has 0 aliphatic rings. The molecule has 12 heavy (non-hydrogen) atoms. The number of halogens is 2. The van der Waals surface area contributed by atoms with E-state index < -0.39 is 0 Å². The smallest absolute Gasteiger partial charge is 0.127 e. The molecule has 0 heterocycles. The zero-order valence-corrected chi connectivity index (χ0v) is 8.51. The summed E-state index contributed by atoms with van der Waals surface area (Å²) in [5, 5.41) is 8.33. The highest BCUT2D eigenvalue weighted by Gasteiger charge is 2.04. The number of hydrogen-bond acceptors (Lipinski definition) is 1. The molecular weight excluding hydrogens is 268 g/mol. The maximum absolute atomic E-state index is 13.1. The summed E-state index contributed by atoms with van der Waals surface area (Å²) < 4.78 is 14.0. The van der Waals surface area contributed by atoms with Crippen LogP contribution in [-0.4, -0.2) is 0 Å². The number of nitrogens with zero attached hydrogens (tertiary/aromatic N) is 1. The van der Waals surface area contributed by atoms with Gasteiger partial charge in [0.1, 0.15) is 5.82 Å². The first-order valence-electron chi connectivity index (χ1n) is 3.55. The molecule has 0 saturated carbocycles. The zero-order valence-electron chi connectivity index (χ0n) is 6.35. The molecule has 62 valence electrons. The van der Waals surface area contributed by atoms with E-state index in [4.69, 9.17) is 5.26 Å². The van der Waals surface area contributed by atoms with Gasteiger partial charge in [-0.3, -0.25) is 0 Å². The minimum Gasteiger partial charge on any atom is -0.207 e. The Bertz CT molecular complexity index is 297. The van der Waals surface area contributed by atoms with Gasteiger partial charge >= 0.3 is 0 Å². The van der Waals surface area contributed by atoms with Crippen LogP contribution >= 0.6 is 22.6 Å². The Morgan fingerprint density at radius 2 is 2.25 bits per heavy atom. The molecule has 0 spiro atoms. The van der Waals surface area contributed by atoms with E-state index in [0.29, 0.717) is 18.4 Å². The largest absolute Gasteiger partial charge is 0.207 e. The normalized spacial score (nSPS) is 9.42. The first-order chi connectivity index (χ1) is 5.75. The minimum absolute atomic E-state index is 0.211. The molecule has 0 bridgehead atoms. The summed E-state index contributed by atoms with van der Waals surface area (Å²) in [6, 6.07) is 6.94. The fourth-order valence-electron chi connectivity index (χ4n) is 0.952. The average Bonchev–Trinajstić information content (AvgIpc) is 2.04. The highest BCUT2D eigenvalue weighted by atomic mass is 127. The fourth-order valence-corrected chi connectivity index (χ4v) is 1.69. The number of hydrogen-bond donors (Lipinski definition) is 0. The monoisotopic (exact) mass is 275 g/mol. The van der Waals surface area contributed by atoms with Crippen LogP contribution in [0.3, 0.4) is 0 Å². The van der Waals surface area contributed by atoms with Crippen molar-refractivity contribution in [1.82, 2.24) is 0 Å². The van der Waals surface area contributed by atoms with Gasteiger partial charge in [0.2, 0.25) is 0 Å². The molecule has 0 aromatic heterocycles. The van der Waals surface area contributed by atoms with Crippen molar-refractivity contribution >= 4 is 22.6 Å². The number of rotatable bonds is 2. The van der Waals surface area contributed by atoms with E-state index in [1.165, 1.54) is 6.07 Å². The van der Waals surface area contributed by atoms with E-state index >= 15 is 0 Å². The van der Waals surface area contributed by atoms with Gasteiger partial charge in [0.15, 0.2) is 0 Å². The zero-order chi connectivity index (χ0) is 8.97. The topological polar surface area (TPSA) is 23.8 Å². The summed E-state index contributed by atoms with van der Waals surface area (Å²) in [5.41, 5.74) is 0.652. The molecule has 0 amide bonds. The molecule has 1 nitrogen and oxygen atoms in total. The van der Waals surface area contributed by atoms with Crippen LogP contribution in [0, 0.1) is 20.7 Å². The lowest BCUT2D eigenvalue weighted by molar-refractivity contribution is 0.608. The summed E-state index contributed by atoms with van der Waals surface area (Å²) in [7, 11) is 0. The SMILES string of the molecule is N#CCCc1c(F)cccc1I. The average molecular weight is 275 g/mol. The molecule has 0 saturated heterocycles. The fraction of sp³-hybridized carbons (Fsp3) is 0.222. The van der Waals surface area contributed by atoms with Crippen molar-refractivity contribution in [2.75, 3.05) is 0 Å². The highest BCUT2D eigenvalue weighted by molar-refractivity contribution is 14.1. The first kappa shape index (κ1) is 9.46.